The molecule has 0 aliphatic carbocycles. The zero-order valence-corrected chi connectivity index (χ0v) is 11.8. The van der Waals surface area contributed by atoms with Crippen molar-refractivity contribution in [1.82, 2.24) is 0 Å². The first-order valence-corrected chi connectivity index (χ1v) is 5.42. The number of ether oxygens (including phenoxy) is 1. The third-order valence-electron chi connectivity index (χ3n) is 1.73. The fourth-order valence-corrected chi connectivity index (χ4v) is 0.953. The highest BCUT2D eigenvalue weighted by Gasteiger charge is 1.86. The number of ketones is 1. The molecular formula is C14H17NO3Si. The van der Waals surface area contributed by atoms with Crippen molar-refractivity contribution in [3.8, 4) is 0 Å². The van der Waals surface area contributed by atoms with E-state index in [1.54, 1.807) is 13.0 Å². The molecular weight excluding hydrogens is 258 g/mol. The molecule has 0 aliphatic heterocycles. The van der Waals surface area contributed by atoms with E-state index in [4.69, 9.17) is 0 Å². The lowest BCUT2D eigenvalue weighted by atomic mass is 10.2. The first kappa shape index (κ1) is 19.2. The SMILES string of the molecule is C=CC(=O)C=Cc1ccccc1.CCOC(N)=O.[Si]. The Bertz CT molecular complexity index is 416. The van der Waals surface area contributed by atoms with Gasteiger partial charge in [-0.15, -0.1) is 0 Å². The van der Waals surface area contributed by atoms with Crippen molar-refractivity contribution in [2.75, 3.05) is 6.61 Å². The highest BCUT2D eigenvalue weighted by atomic mass is 28.1. The van der Waals surface area contributed by atoms with Crippen LogP contribution in [0.5, 0.6) is 0 Å². The minimum absolute atomic E-state index is 0. The van der Waals surface area contributed by atoms with Gasteiger partial charge in [-0.3, -0.25) is 4.79 Å². The minimum atomic E-state index is -0.711. The molecule has 4 nitrogen and oxygen atoms in total. The summed E-state index contributed by atoms with van der Waals surface area (Å²) in [4.78, 5) is 20.4. The van der Waals surface area contributed by atoms with Crippen LogP contribution < -0.4 is 5.73 Å². The van der Waals surface area contributed by atoms with Crippen molar-refractivity contribution in [3.05, 3.63) is 54.6 Å². The second kappa shape index (κ2) is 12.3. The molecule has 19 heavy (non-hydrogen) atoms. The van der Waals surface area contributed by atoms with E-state index >= 15 is 0 Å². The van der Waals surface area contributed by atoms with Crippen LogP contribution in [0.25, 0.3) is 6.08 Å². The summed E-state index contributed by atoms with van der Waals surface area (Å²) in [5, 5.41) is 0. The fourth-order valence-electron chi connectivity index (χ4n) is 0.953. The molecule has 0 atom stereocenters. The molecule has 1 aromatic carbocycles. The lowest BCUT2D eigenvalue weighted by molar-refractivity contribution is -0.110. The number of carbonyl (C=O) groups excluding carboxylic acids is 2. The van der Waals surface area contributed by atoms with Crippen LogP contribution in [0, 0.1) is 0 Å². The van der Waals surface area contributed by atoms with E-state index < -0.39 is 6.09 Å². The molecule has 0 bridgehead atoms. The van der Waals surface area contributed by atoms with Gasteiger partial charge in [-0.25, -0.2) is 4.79 Å². The molecule has 0 spiro atoms. The Morgan fingerprint density at radius 2 is 1.89 bits per heavy atom. The van der Waals surface area contributed by atoms with Gasteiger partial charge in [0.15, 0.2) is 5.78 Å². The van der Waals surface area contributed by atoms with Gasteiger partial charge in [0.2, 0.25) is 0 Å². The lowest BCUT2D eigenvalue weighted by Crippen LogP contribution is -2.11. The summed E-state index contributed by atoms with van der Waals surface area (Å²) in [5.74, 6) is -0.0705. The van der Waals surface area contributed by atoms with E-state index in [0.717, 1.165) is 5.56 Å². The number of carbonyl (C=O) groups is 2. The molecule has 2 N–H and O–H groups in total. The molecule has 0 aromatic heterocycles. The monoisotopic (exact) mass is 275 g/mol. The number of rotatable bonds is 4. The molecule has 0 fully saturated rings. The van der Waals surface area contributed by atoms with Crippen LogP contribution in [0.2, 0.25) is 0 Å². The van der Waals surface area contributed by atoms with Crippen LogP contribution in [-0.4, -0.2) is 29.4 Å². The van der Waals surface area contributed by atoms with Crippen molar-refractivity contribution in [3.63, 3.8) is 0 Å². The molecule has 0 unspecified atom stereocenters. The summed E-state index contributed by atoms with van der Waals surface area (Å²) in [6.07, 6.45) is 3.85. The lowest BCUT2D eigenvalue weighted by Gasteiger charge is -1.89. The Hall–Kier alpha value is -2.14. The Morgan fingerprint density at radius 3 is 2.26 bits per heavy atom. The fraction of sp³-hybridized carbons (Fsp3) is 0.143. The molecule has 0 aliphatic rings. The predicted molar refractivity (Wildman–Crippen MR) is 77.6 cm³/mol. The Balaban J connectivity index is 0. The second-order valence-corrected chi connectivity index (χ2v) is 3.10. The number of amides is 1. The van der Waals surface area contributed by atoms with Crippen molar-refractivity contribution in [1.29, 1.82) is 0 Å². The zero-order valence-electron chi connectivity index (χ0n) is 10.8. The number of benzene rings is 1. The van der Waals surface area contributed by atoms with Gasteiger partial charge in [0.05, 0.1) is 6.61 Å². The van der Waals surface area contributed by atoms with Crippen LogP contribution in [0.1, 0.15) is 12.5 Å². The molecule has 1 rings (SSSR count). The quantitative estimate of drug-likeness (QED) is 0.676. The molecule has 5 heteroatoms. The van der Waals surface area contributed by atoms with E-state index in [9.17, 15) is 9.59 Å². The van der Waals surface area contributed by atoms with Crippen LogP contribution in [0.4, 0.5) is 4.79 Å². The summed E-state index contributed by atoms with van der Waals surface area (Å²) in [6, 6.07) is 9.67. The van der Waals surface area contributed by atoms with Crippen molar-refractivity contribution in [2.45, 2.75) is 6.92 Å². The van der Waals surface area contributed by atoms with Crippen LogP contribution >= 0.6 is 0 Å². The van der Waals surface area contributed by atoms with E-state index in [2.05, 4.69) is 17.0 Å². The van der Waals surface area contributed by atoms with Gasteiger partial charge in [-0.05, 0) is 24.6 Å². The highest BCUT2D eigenvalue weighted by molar-refractivity contribution is 6.01. The normalized spacial score (nSPS) is 8.68. The molecule has 1 amide bonds. The zero-order chi connectivity index (χ0) is 13.8. The summed E-state index contributed by atoms with van der Waals surface area (Å²) >= 11 is 0. The average Bonchev–Trinajstić information content (AvgIpc) is 2.37. The molecule has 4 radical (unpaired) electrons. The third-order valence-corrected chi connectivity index (χ3v) is 1.73. The number of allylic oxidation sites excluding steroid dienone is 2. The third kappa shape index (κ3) is 12.1. The van der Waals surface area contributed by atoms with Gasteiger partial charge in [0, 0.05) is 11.0 Å². The van der Waals surface area contributed by atoms with Crippen molar-refractivity contribution >= 4 is 28.9 Å². The van der Waals surface area contributed by atoms with Crippen molar-refractivity contribution in [2.24, 2.45) is 5.73 Å². The maximum Gasteiger partial charge on any atom is 0.404 e. The summed E-state index contributed by atoms with van der Waals surface area (Å²) in [7, 11) is 0. The van der Waals surface area contributed by atoms with Crippen LogP contribution in [0.3, 0.4) is 0 Å². The molecule has 100 valence electrons. The van der Waals surface area contributed by atoms with Crippen LogP contribution in [0.15, 0.2) is 49.1 Å². The van der Waals surface area contributed by atoms with Gasteiger partial charge < -0.3 is 10.5 Å². The number of primary amides is 1. The average molecular weight is 275 g/mol. The van der Waals surface area contributed by atoms with Crippen molar-refractivity contribution < 1.29 is 14.3 Å². The van der Waals surface area contributed by atoms with E-state index in [-0.39, 0.29) is 16.7 Å². The topological polar surface area (TPSA) is 69.4 Å². The summed E-state index contributed by atoms with van der Waals surface area (Å²) in [5.41, 5.74) is 5.56. The maximum absolute atomic E-state index is 10.8. The summed E-state index contributed by atoms with van der Waals surface area (Å²) < 4.78 is 4.18. The van der Waals surface area contributed by atoms with Gasteiger partial charge in [-0.1, -0.05) is 43.0 Å². The number of nitrogens with two attached hydrogens (primary N) is 1. The van der Waals surface area contributed by atoms with E-state index in [1.165, 1.54) is 12.2 Å². The number of hydrogen-bond acceptors (Lipinski definition) is 3. The molecule has 0 saturated heterocycles. The standard InChI is InChI=1S/C11H10O.C3H7NO2.Si/c1-2-11(12)9-8-10-6-4-3-5-7-10;1-2-6-3(4)5;/h2-9H,1H2;2H2,1H3,(H2,4,5);. The first-order chi connectivity index (χ1) is 8.60. The van der Waals surface area contributed by atoms with Gasteiger partial charge in [-0.2, -0.15) is 0 Å². The summed E-state index contributed by atoms with van der Waals surface area (Å²) in [6.45, 7) is 5.43. The Morgan fingerprint density at radius 1 is 1.32 bits per heavy atom. The largest absolute Gasteiger partial charge is 0.450 e. The maximum atomic E-state index is 10.8. The van der Waals surface area contributed by atoms with Gasteiger partial charge in [0.25, 0.3) is 0 Å². The minimum Gasteiger partial charge on any atom is -0.450 e. The first-order valence-electron chi connectivity index (χ1n) is 5.42. The predicted octanol–water partition coefficient (Wildman–Crippen LogP) is 2.18. The highest BCUT2D eigenvalue weighted by Crippen LogP contribution is 2.00. The van der Waals surface area contributed by atoms with Gasteiger partial charge in [0.1, 0.15) is 0 Å². The number of hydrogen-bond donors (Lipinski definition) is 1. The Kier molecular flexibility index (Phi) is 12.4. The van der Waals surface area contributed by atoms with E-state index in [1.807, 2.05) is 30.3 Å². The van der Waals surface area contributed by atoms with Crippen LogP contribution in [-0.2, 0) is 9.53 Å². The smallest absolute Gasteiger partial charge is 0.404 e. The second-order valence-electron chi connectivity index (χ2n) is 3.10. The van der Waals surface area contributed by atoms with E-state index in [0.29, 0.717) is 6.61 Å². The molecule has 0 heterocycles. The Labute approximate surface area is 118 Å². The van der Waals surface area contributed by atoms with Gasteiger partial charge >= 0.3 is 6.09 Å². The molecule has 0 saturated carbocycles. The molecule has 1 aromatic rings.